The molecule has 2 N–H and O–H groups in total. The van der Waals surface area contributed by atoms with E-state index in [0.29, 0.717) is 48.2 Å². The Morgan fingerprint density at radius 1 is 1.06 bits per heavy atom. The van der Waals surface area contributed by atoms with Crippen LogP contribution in [-0.4, -0.2) is 50.4 Å². The van der Waals surface area contributed by atoms with Crippen LogP contribution in [0.2, 0.25) is 0 Å². The third kappa shape index (κ3) is 4.83. The number of nitrogens with zero attached hydrogens (tertiary/aromatic N) is 1. The molecule has 0 aromatic heterocycles. The lowest BCUT2D eigenvalue weighted by molar-refractivity contribution is -0.119. The summed E-state index contributed by atoms with van der Waals surface area (Å²) in [6, 6.07) is 8.14. The van der Waals surface area contributed by atoms with Crippen LogP contribution in [-0.2, 0) is 17.8 Å². The maximum atomic E-state index is 13.2. The van der Waals surface area contributed by atoms with Crippen molar-refractivity contribution in [3.05, 3.63) is 41.5 Å². The van der Waals surface area contributed by atoms with Gasteiger partial charge in [-0.05, 0) is 47.7 Å². The molecule has 182 valence electrons. The van der Waals surface area contributed by atoms with Crippen LogP contribution < -0.4 is 29.6 Å². The number of hydrogen-bond donors (Lipinski definition) is 2. The van der Waals surface area contributed by atoms with E-state index in [2.05, 4.69) is 10.6 Å². The average molecular weight is 470 g/mol. The highest BCUT2D eigenvalue weighted by molar-refractivity contribution is 5.97. The number of carbonyl (C=O) groups excluding carboxylic acids is 2. The fourth-order valence-corrected chi connectivity index (χ4v) is 4.18. The van der Waals surface area contributed by atoms with Gasteiger partial charge in [-0.25, -0.2) is 4.79 Å². The molecule has 0 saturated carbocycles. The molecule has 0 saturated heterocycles. The van der Waals surface area contributed by atoms with Crippen LogP contribution in [0.1, 0.15) is 31.4 Å². The lowest BCUT2D eigenvalue weighted by atomic mass is 9.97. The molecule has 2 heterocycles. The van der Waals surface area contributed by atoms with Crippen molar-refractivity contribution >= 4 is 17.6 Å². The normalized spacial score (nSPS) is 15.7. The van der Waals surface area contributed by atoms with Gasteiger partial charge in [-0.1, -0.05) is 20.3 Å². The second-order valence-electron chi connectivity index (χ2n) is 8.52. The number of carbonyl (C=O) groups is 2. The largest absolute Gasteiger partial charge is 0.493 e. The summed E-state index contributed by atoms with van der Waals surface area (Å²) in [4.78, 5) is 28.0. The average Bonchev–Trinajstić information content (AvgIpc) is 3.33. The van der Waals surface area contributed by atoms with Gasteiger partial charge >= 0.3 is 6.03 Å². The molecule has 2 aliphatic rings. The minimum absolute atomic E-state index is 0.0561. The van der Waals surface area contributed by atoms with E-state index < -0.39 is 6.04 Å². The predicted molar refractivity (Wildman–Crippen MR) is 127 cm³/mol. The first-order valence-corrected chi connectivity index (χ1v) is 11.4. The molecule has 4 rings (SSSR count). The summed E-state index contributed by atoms with van der Waals surface area (Å²) in [6.07, 6.45) is 1.43. The van der Waals surface area contributed by atoms with Crippen LogP contribution in [0.5, 0.6) is 23.0 Å². The Kier molecular flexibility index (Phi) is 7.00. The molecule has 9 heteroatoms. The van der Waals surface area contributed by atoms with Crippen LogP contribution >= 0.6 is 0 Å². The molecule has 0 aliphatic carbocycles. The molecular weight excluding hydrogens is 438 g/mol. The highest BCUT2D eigenvalue weighted by Crippen LogP contribution is 2.35. The van der Waals surface area contributed by atoms with E-state index in [1.165, 1.54) is 0 Å². The number of ether oxygens (including phenoxy) is 4. The second kappa shape index (κ2) is 10.1. The first kappa shape index (κ1) is 23.5. The summed E-state index contributed by atoms with van der Waals surface area (Å²) in [5.74, 6) is 2.20. The van der Waals surface area contributed by atoms with Crippen molar-refractivity contribution in [1.82, 2.24) is 10.2 Å². The van der Waals surface area contributed by atoms with Gasteiger partial charge in [0.15, 0.2) is 23.0 Å². The van der Waals surface area contributed by atoms with Crippen molar-refractivity contribution in [2.45, 2.75) is 39.3 Å². The molecule has 2 atom stereocenters. The van der Waals surface area contributed by atoms with Gasteiger partial charge in [0.1, 0.15) is 6.04 Å². The van der Waals surface area contributed by atoms with E-state index in [9.17, 15) is 9.59 Å². The minimum Gasteiger partial charge on any atom is -0.493 e. The fourth-order valence-electron chi connectivity index (χ4n) is 4.18. The van der Waals surface area contributed by atoms with Crippen LogP contribution in [0, 0.1) is 5.92 Å². The van der Waals surface area contributed by atoms with E-state index in [0.717, 1.165) is 17.5 Å². The van der Waals surface area contributed by atoms with Crippen molar-refractivity contribution in [3.63, 3.8) is 0 Å². The molecule has 3 amide bonds. The van der Waals surface area contributed by atoms with Crippen LogP contribution in [0.25, 0.3) is 0 Å². The highest BCUT2D eigenvalue weighted by Gasteiger charge is 2.30. The van der Waals surface area contributed by atoms with Gasteiger partial charge in [-0.3, -0.25) is 4.79 Å². The summed E-state index contributed by atoms with van der Waals surface area (Å²) in [5.41, 5.74) is 2.72. The van der Waals surface area contributed by atoms with Gasteiger partial charge in [0.05, 0.1) is 14.2 Å². The second-order valence-corrected chi connectivity index (χ2v) is 8.52. The Morgan fingerprint density at radius 2 is 1.76 bits per heavy atom. The van der Waals surface area contributed by atoms with E-state index in [1.807, 2.05) is 26.0 Å². The molecule has 2 aromatic rings. The quantitative estimate of drug-likeness (QED) is 0.644. The Balaban J connectivity index is 1.45. The molecule has 0 fully saturated rings. The predicted octanol–water partition coefficient (Wildman–Crippen LogP) is 3.55. The van der Waals surface area contributed by atoms with Gasteiger partial charge < -0.3 is 34.5 Å². The zero-order valence-electron chi connectivity index (χ0n) is 20.0. The Hall–Kier alpha value is -3.62. The highest BCUT2D eigenvalue weighted by atomic mass is 16.7. The molecule has 0 bridgehead atoms. The minimum atomic E-state index is -0.685. The Morgan fingerprint density at radius 3 is 2.47 bits per heavy atom. The van der Waals surface area contributed by atoms with Gasteiger partial charge in [0.2, 0.25) is 12.7 Å². The van der Waals surface area contributed by atoms with Gasteiger partial charge in [-0.2, -0.15) is 0 Å². The lowest BCUT2D eigenvalue weighted by Crippen LogP contribution is -2.53. The molecule has 34 heavy (non-hydrogen) atoms. The summed E-state index contributed by atoms with van der Waals surface area (Å²) >= 11 is 0. The van der Waals surface area contributed by atoms with Crippen molar-refractivity contribution in [3.8, 4) is 23.0 Å². The number of hydrogen-bond acceptors (Lipinski definition) is 6. The zero-order chi connectivity index (χ0) is 24.2. The van der Waals surface area contributed by atoms with Crippen molar-refractivity contribution < 1.29 is 28.5 Å². The number of rotatable bonds is 7. The van der Waals surface area contributed by atoms with Crippen LogP contribution in [0.3, 0.4) is 0 Å². The summed E-state index contributed by atoms with van der Waals surface area (Å²) < 4.78 is 21.5. The standard InChI is InChI=1S/C25H31N3O6/c1-5-15(2)23(24(29)26-18-6-7-19-22(12-18)34-14-33-19)27-25(30)28-9-8-16-10-20(31-3)21(32-4)11-17(16)13-28/h6-7,10-12,15,23H,5,8-9,13-14H2,1-4H3,(H,26,29)(H,27,30)/t15?,23-/m0/s1. The maximum Gasteiger partial charge on any atom is 0.318 e. The van der Waals surface area contributed by atoms with Crippen LogP contribution in [0.4, 0.5) is 10.5 Å². The summed E-state index contributed by atoms with van der Waals surface area (Å²) in [6.45, 7) is 5.08. The number of fused-ring (bicyclic) bond motifs is 2. The van der Waals surface area contributed by atoms with Crippen LogP contribution in [0.15, 0.2) is 30.3 Å². The van der Waals surface area contributed by atoms with E-state index in [-0.39, 0.29) is 24.6 Å². The molecule has 0 radical (unpaired) electrons. The zero-order valence-corrected chi connectivity index (χ0v) is 20.0. The Labute approximate surface area is 199 Å². The van der Waals surface area contributed by atoms with Gasteiger partial charge in [0.25, 0.3) is 0 Å². The molecule has 2 aliphatic heterocycles. The number of methoxy groups -OCH3 is 2. The van der Waals surface area contributed by atoms with Crippen molar-refractivity contribution in [2.75, 3.05) is 32.9 Å². The lowest BCUT2D eigenvalue weighted by Gasteiger charge is -2.32. The SMILES string of the molecule is CCC(C)[C@H](NC(=O)N1CCc2cc(OC)c(OC)cc2C1)C(=O)Nc1ccc2c(c1)OCO2. The van der Waals surface area contributed by atoms with Crippen molar-refractivity contribution in [1.29, 1.82) is 0 Å². The molecular formula is C25H31N3O6. The summed E-state index contributed by atoms with van der Waals surface area (Å²) in [5, 5.41) is 5.86. The van der Waals surface area contributed by atoms with Gasteiger partial charge in [-0.15, -0.1) is 0 Å². The number of nitrogens with one attached hydrogen (secondary N) is 2. The number of benzene rings is 2. The van der Waals surface area contributed by atoms with E-state index in [1.54, 1.807) is 37.3 Å². The topological polar surface area (TPSA) is 98.4 Å². The molecule has 9 nitrogen and oxygen atoms in total. The maximum absolute atomic E-state index is 13.2. The first-order valence-electron chi connectivity index (χ1n) is 11.4. The fraction of sp³-hybridized carbons (Fsp3) is 0.440. The van der Waals surface area contributed by atoms with E-state index in [4.69, 9.17) is 18.9 Å². The number of amides is 3. The third-order valence-corrected chi connectivity index (χ3v) is 6.42. The molecule has 0 spiro atoms. The third-order valence-electron chi connectivity index (χ3n) is 6.42. The smallest absolute Gasteiger partial charge is 0.318 e. The Bertz CT molecular complexity index is 1070. The molecule has 2 aromatic carbocycles. The summed E-state index contributed by atoms with van der Waals surface area (Å²) in [7, 11) is 3.20. The number of anilines is 1. The first-order chi connectivity index (χ1) is 16.4. The molecule has 1 unspecified atom stereocenters. The monoisotopic (exact) mass is 469 g/mol. The number of urea groups is 1. The van der Waals surface area contributed by atoms with E-state index >= 15 is 0 Å². The van der Waals surface area contributed by atoms with Gasteiger partial charge in [0, 0.05) is 24.8 Å². The van der Waals surface area contributed by atoms with Crippen molar-refractivity contribution in [2.24, 2.45) is 5.92 Å².